The van der Waals surface area contributed by atoms with E-state index < -0.39 is 6.04 Å². The SMILES string of the molecule is CN[C@@H](C)C(=O)N[C@H](C(=O)N1CCC[C@H]1c1cccc(Nc2ccccc2C)c1)C1CCCCC1. The van der Waals surface area contributed by atoms with E-state index in [0.717, 1.165) is 62.0 Å². The molecular weight excluding hydrogens is 436 g/mol. The van der Waals surface area contributed by atoms with Crippen LogP contribution in [0.3, 0.4) is 0 Å². The number of likely N-dealkylation sites (tertiary alicyclic amines) is 1. The first-order valence-corrected chi connectivity index (χ1v) is 13.2. The van der Waals surface area contributed by atoms with Crippen molar-refractivity contribution in [3.63, 3.8) is 0 Å². The van der Waals surface area contributed by atoms with Crippen LogP contribution in [0.4, 0.5) is 11.4 Å². The van der Waals surface area contributed by atoms with Crippen molar-refractivity contribution >= 4 is 23.2 Å². The quantitative estimate of drug-likeness (QED) is 0.497. The van der Waals surface area contributed by atoms with Gasteiger partial charge in [-0.1, -0.05) is 49.6 Å². The van der Waals surface area contributed by atoms with Crippen LogP contribution in [0, 0.1) is 12.8 Å². The summed E-state index contributed by atoms with van der Waals surface area (Å²) in [6.45, 7) is 4.67. The number of hydrogen-bond donors (Lipinski definition) is 3. The van der Waals surface area contributed by atoms with E-state index >= 15 is 0 Å². The summed E-state index contributed by atoms with van der Waals surface area (Å²) in [6.07, 6.45) is 7.38. The van der Waals surface area contributed by atoms with Gasteiger partial charge in [0.2, 0.25) is 11.8 Å². The fraction of sp³-hybridized carbons (Fsp3) is 0.517. The Bertz CT molecular complexity index is 1020. The topological polar surface area (TPSA) is 73.5 Å². The van der Waals surface area contributed by atoms with Crippen molar-refractivity contribution < 1.29 is 9.59 Å². The molecule has 6 nitrogen and oxygen atoms in total. The maximum atomic E-state index is 14.0. The molecule has 0 bridgehead atoms. The number of anilines is 2. The van der Waals surface area contributed by atoms with E-state index in [1.165, 1.54) is 12.0 Å². The van der Waals surface area contributed by atoms with Crippen molar-refractivity contribution in [2.24, 2.45) is 5.92 Å². The Morgan fingerprint density at radius 2 is 1.74 bits per heavy atom. The van der Waals surface area contributed by atoms with Gasteiger partial charge in [-0.25, -0.2) is 0 Å². The number of amides is 2. The van der Waals surface area contributed by atoms with E-state index in [1.54, 1.807) is 7.05 Å². The number of aryl methyl sites for hydroxylation is 1. The third-order valence-corrected chi connectivity index (χ3v) is 7.74. The van der Waals surface area contributed by atoms with Gasteiger partial charge in [-0.2, -0.15) is 0 Å². The third kappa shape index (κ3) is 6.04. The van der Waals surface area contributed by atoms with Gasteiger partial charge >= 0.3 is 0 Å². The molecule has 188 valence electrons. The largest absolute Gasteiger partial charge is 0.355 e. The highest BCUT2D eigenvalue weighted by molar-refractivity contribution is 5.90. The Balaban J connectivity index is 1.54. The van der Waals surface area contributed by atoms with E-state index in [0.29, 0.717) is 0 Å². The molecular formula is C29H40N4O2. The Morgan fingerprint density at radius 3 is 2.49 bits per heavy atom. The highest BCUT2D eigenvalue weighted by Gasteiger charge is 2.39. The molecule has 1 heterocycles. The number of carbonyl (C=O) groups is 2. The minimum Gasteiger partial charge on any atom is -0.355 e. The van der Waals surface area contributed by atoms with Crippen LogP contribution in [-0.4, -0.2) is 42.4 Å². The smallest absolute Gasteiger partial charge is 0.245 e. The lowest BCUT2D eigenvalue weighted by atomic mass is 9.83. The molecule has 2 fully saturated rings. The van der Waals surface area contributed by atoms with Gasteiger partial charge < -0.3 is 20.9 Å². The number of nitrogens with zero attached hydrogens (tertiary/aromatic N) is 1. The Morgan fingerprint density at radius 1 is 0.971 bits per heavy atom. The average molecular weight is 477 g/mol. The Kier molecular flexibility index (Phi) is 8.45. The first-order valence-electron chi connectivity index (χ1n) is 13.2. The molecule has 1 aliphatic heterocycles. The van der Waals surface area contributed by atoms with Crippen molar-refractivity contribution in [3.8, 4) is 0 Å². The molecule has 0 aromatic heterocycles. The van der Waals surface area contributed by atoms with Crippen LogP contribution in [0.1, 0.15) is 69.0 Å². The van der Waals surface area contributed by atoms with Crippen molar-refractivity contribution in [2.75, 3.05) is 18.9 Å². The molecule has 0 spiro atoms. The van der Waals surface area contributed by atoms with Gasteiger partial charge in [-0.15, -0.1) is 0 Å². The summed E-state index contributed by atoms with van der Waals surface area (Å²) >= 11 is 0. The van der Waals surface area contributed by atoms with Crippen LogP contribution >= 0.6 is 0 Å². The predicted molar refractivity (Wildman–Crippen MR) is 142 cm³/mol. The summed E-state index contributed by atoms with van der Waals surface area (Å²) in [6, 6.07) is 15.9. The number of likely N-dealkylation sites (N-methyl/N-ethyl adjacent to an activating group) is 1. The number of hydrogen-bond acceptors (Lipinski definition) is 4. The van der Waals surface area contributed by atoms with Gasteiger partial charge in [0.25, 0.3) is 0 Å². The van der Waals surface area contributed by atoms with E-state index in [-0.39, 0.29) is 29.8 Å². The number of para-hydroxylation sites is 1. The highest BCUT2D eigenvalue weighted by atomic mass is 16.2. The van der Waals surface area contributed by atoms with Crippen LogP contribution in [0.15, 0.2) is 48.5 Å². The standard InChI is InChI=1S/C29H40N4O2/c1-20-11-7-8-16-25(20)31-24-15-9-14-23(19-24)26-17-10-18-33(26)29(35)27(22-12-5-4-6-13-22)32-28(34)21(2)30-3/h7-9,11,14-16,19,21-22,26-27,30-31H,4-6,10,12-13,17-18H2,1-3H3,(H,32,34)/t21-,26-,27-/m0/s1. The van der Waals surface area contributed by atoms with Gasteiger partial charge in [0.15, 0.2) is 0 Å². The molecule has 1 aliphatic carbocycles. The van der Waals surface area contributed by atoms with Gasteiger partial charge in [-0.3, -0.25) is 9.59 Å². The molecule has 2 aliphatic rings. The molecule has 2 aromatic carbocycles. The Hall–Kier alpha value is -2.86. The van der Waals surface area contributed by atoms with Gasteiger partial charge in [-0.05, 0) is 81.8 Å². The lowest BCUT2D eigenvalue weighted by Gasteiger charge is -2.35. The molecule has 1 saturated heterocycles. The molecule has 3 N–H and O–H groups in total. The lowest BCUT2D eigenvalue weighted by Crippen LogP contribution is -2.55. The summed E-state index contributed by atoms with van der Waals surface area (Å²) in [5, 5.41) is 9.67. The molecule has 35 heavy (non-hydrogen) atoms. The number of carbonyl (C=O) groups excluding carboxylic acids is 2. The van der Waals surface area contributed by atoms with E-state index in [2.05, 4.69) is 59.3 Å². The third-order valence-electron chi connectivity index (χ3n) is 7.74. The number of rotatable bonds is 8. The minimum atomic E-state index is -0.451. The summed E-state index contributed by atoms with van der Waals surface area (Å²) in [5.41, 5.74) is 4.45. The van der Waals surface area contributed by atoms with Crippen LogP contribution in [0.25, 0.3) is 0 Å². The van der Waals surface area contributed by atoms with Crippen LogP contribution < -0.4 is 16.0 Å². The average Bonchev–Trinajstić information content (AvgIpc) is 3.38. The van der Waals surface area contributed by atoms with Gasteiger partial charge in [0.1, 0.15) is 6.04 Å². The molecule has 1 saturated carbocycles. The summed E-state index contributed by atoms with van der Waals surface area (Å²) in [5.74, 6) is 0.185. The maximum absolute atomic E-state index is 14.0. The predicted octanol–water partition coefficient (Wildman–Crippen LogP) is 5.08. The fourth-order valence-corrected chi connectivity index (χ4v) is 5.51. The fourth-order valence-electron chi connectivity index (χ4n) is 5.51. The number of nitrogens with one attached hydrogen (secondary N) is 3. The molecule has 4 rings (SSSR count). The lowest BCUT2D eigenvalue weighted by molar-refractivity contribution is -0.139. The zero-order chi connectivity index (χ0) is 24.8. The van der Waals surface area contributed by atoms with Crippen LogP contribution in [0.5, 0.6) is 0 Å². The molecule has 3 atom stereocenters. The van der Waals surface area contributed by atoms with E-state index in [9.17, 15) is 9.59 Å². The van der Waals surface area contributed by atoms with Crippen LogP contribution in [-0.2, 0) is 9.59 Å². The minimum absolute atomic E-state index is 0.0332. The van der Waals surface area contributed by atoms with Crippen molar-refractivity contribution in [1.82, 2.24) is 15.5 Å². The van der Waals surface area contributed by atoms with Crippen molar-refractivity contribution in [3.05, 3.63) is 59.7 Å². The molecule has 0 unspecified atom stereocenters. The molecule has 2 aromatic rings. The van der Waals surface area contributed by atoms with E-state index in [4.69, 9.17) is 0 Å². The second kappa shape index (κ2) is 11.7. The Labute approximate surface area is 209 Å². The first-order chi connectivity index (χ1) is 17.0. The zero-order valence-corrected chi connectivity index (χ0v) is 21.3. The summed E-state index contributed by atoms with van der Waals surface area (Å²) in [7, 11) is 1.77. The second-order valence-electron chi connectivity index (χ2n) is 10.1. The summed E-state index contributed by atoms with van der Waals surface area (Å²) in [4.78, 5) is 28.8. The normalized spacial score (nSPS) is 20.3. The summed E-state index contributed by atoms with van der Waals surface area (Å²) < 4.78 is 0. The highest BCUT2D eigenvalue weighted by Crippen LogP contribution is 2.36. The van der Waals surface area contributed by atoms with Crippen molar-refractivity contribution in [2.45, 2.75) is 76.9 Å². The van der Waals surface area contributed by atoms with Crippen LogP contribution in [0.2, 0.25) is 0 Å². The van der Waals surface area contributed by atoms with Crippen molar-refractivity contribution in [1.29, 1.82) is 0 Å². The van der Waals surface area contributed by atoms with E-state index in [1.807, 2.05) is 24.0 Å². The van der Waals surface area contributed by atoms with Gasteiger partial charge in [0.05, 0.1) is 12.1 Å². The second-order valence-corrected chi connectivity index (χ2v) is 10.1. The zero-order valence-electron chi connectivity index (χ0n) is 21.3. The number of benzene rings is 2. The monoisotopic (exact) mass is 476 g/mol. The molecule has 0 radical (unpaired) electrons. The first kappa shape index (κ1) is 25.2. The maximum Gasteiger partial charge on any atom is 0.245 e. The van der Waals surface area contributed by atoms with Gasteiger partial charge in [0, 0.05) is 17.9 Å². The molecule has 6 heteroatoms. The molecule has 2 amide bonds.